The zero-order valence-electron chi connectivity index (χ0n) is 12.9. The van der Waals surface area contributed by atoms with E-state index in [2.05, 4.69) is 30.4 Å². The topological polar surface area (TPSA) is 53.4 Å². The molecule has 0 amide bonds. The molecule has 0 radical (unpaired) electrons. The third kappa shape index (κ3) is 12.1. The second-order valence-corrected chi connectivity index (χ2v) is 4.26. The Balaban J connectivity index is 0. The summed E-state index contributed by atoms with van der Waals surface area (Å²) in [5.41, 5.74) is 0. The lowest BCUT2D eigenvalue weighted by molar-refractivity contribution is -0.111. The zero-order valence-corrected chi connectivity index (χ0v) is 13.6. The van der Waals surface area contributed by atoms with Crippen LogP contribution in [-0.4, -0.2) is 53.4 Å². The number of halogens is 1. The van der Waals surface area contributed by atoms with E-state index in [1.807, 2.05) is 30.1 Å². The summed E-state index contributed by atoms with van der Waals surface area (Å²) in [6, 6.07) is 5.66. The molecule has 2 unspecified atom stereocenters. The van der Waals surface area contributed by atoms with Crippen molar-refractivity contribution in [2.24, 2.45) is 0 Å². The summed E-state index contributed by atoms with van der Waals surface area (Å²) in [5.74, 6) is 0. The molecule has 1 aliphatic heterocycles. The molecule has 0 saturated carbocycles. The van der Waals surface area contributed by atoms with Gasteiger partial charge in [0.2, 0.25) is 0 Å². The third-order valence-corrected chi connectivity index (χ3v) is 2.30. The van der Waals surface area contributed by atoms with Crippen LogP contribution >= 0.6 is 11.6 Å². The summed E-state index contributed by atoms with van der Waals surface area (Å²) in [5, 5.41) is 9.00. The second kappa shape index (κ2) is 16.1. The van der Waals surface area contributed by atoms with E-state index in [0.29, 0.717) is 13.0 Å². The molecular weight excluding hydrogens is 276 g/mol. The first kappa shape index (κ1) is 21.3. The number of pyridine rings is 1. The van der Waals surface area contributed by atoms with Gasteiger partial charge in [0.1, 0.15) is 6.29 Å². The summed E-state index contributed by atoms with van der Waals surface area (Å²) in [6.07, 6.45) is 7.40. The lowest BCUT2D eigenvalue weighted by atomic mass is 10.2. The quantitative estimate of drug-likeness (QED) is 0.640. The van der Waals surface area contributed by atoms with E-state index in [1.165, 1.54) is 12.8 Å². The Labute approximate surface area is 127 Å². The third-order valence-electron chi connectivity index (χ3n) is 2.30. The SMILES string of the molecule is CCC.CCl.CN1CC(O)CC1C=O.c1ccncc1. The van der Waals surface area contributed by atoms with Gasteiger partial charge in [0.05, 0.1) is 12.1 Å². The largest absolute Gasteiger partial charge is 0.392 e. The lowest BCUT2D eigenvalue weighted by Gasteiger charge is -2.10. The van der Waals surface area contributed by atoms with Crippen LogP contribution in [0.15, 0.2) is 30.6 Å². The molecule has 2 rings (SSSR count). The smallest absolute Gasteiger partial charge is 0.137 e. The van der Waals surface area contributed by atoms with Gasteiger partial charge in [-0.25, -0.2) is 0 Å². The normalized spacial score (nSPS) is 20.3. The molecule has 0 bridgehead atoms. The van der Waals surface area contributed by atoms with Crippen LogP contribution < -0.4 is 0 Å². The molecular formula is C15H27ClN2O2. The first-order valence-corrected chi connectivity index (χ1v) is 7.47. The Bertz CT molecular complexity index is 272. The second-order valence-electron chi connectivity index (χ2n) is 4.26. The van der Waals surface area contributed by atoms with E-state index in [4.69, 9.17) is 5.11 Å². The van der Waals surface area contributed by atoms with Crippen molar-refractivity contribution < 1.29 is 9.90 Å². The van der Waals surface area contributed by atoms with Gasteiger partial charge in [-0.15, -0.1) is 11.6 Å². The number of hydrogen-bond acceptors (Lipinski definition) is 4. The van der Waals surface area contributed by atoms with Crippen molar-refractivity contribution in [1.82, 2.24) is 9.88 Å². The van der Waals surface area contributed by atoms with Crippen molar-refractivity contribution in [3.05, 3.63) is 30.6 Å². The zero-order chi connectivity index (χ0) is 15.8. The minimum absolute atomic E-state index is 0.0556. The number of aldehydes is 1. The van der Waals surface area contributed by atoms with Crippen molar-refractivity contribution in [2.45, 2.75) is 38.8 Å². The maximum atomic E-state index is 10.2. The highest BCUT2D eigenvalue weighted by atomic mass is 35.5. The number of aliphatic hydroxyl groups is 1. The molecule has 4 nitrogen and oxygen atoms in total. The number of β-amino-alcohol motifs (C(OH)–C–C–N with tert-alkyl or cyclic N) is 1. The minimum Gasteiger partial charge on any atom is -0.392 e. The average molecular weight is 303 g/mol. The number of carbonyl (C=O) groups excluding carboxylic acids is 1. The molecule has 0 aliphatic carbocycles. The Morgan fingerprint density at radius 2 is 1.80 bits per heavy atom. The summed E-state index contributed by atoms with van der Waals surface area (Å²) in [4.78, 5) is 15.9. The van der Waals surface area contributed by atoms with Crippen LogP contribution in [0.2, 0.25) is 0 Å². The van der Waals surface area contributed by atoms with E-state index < -0.39 is 0 Å². The summed E-state index contributed by atoms with van der Waals surface area (Å²) in [7, 11) is 1.84. The van der Waals surface area contributed by atoms with Crippen LogP contribution in [0.1, 0.15) is 26.7 Å². The number of likely N-dealkylation sites (N-methyl/N-ethyl adjacent to an activating group) is 1. The molecule has 0 aromatic carbocycles. The summed E-state index contributed by atoms with van der Waals surface area (Å²) >= 11 is 4.64. The van der Waals surface area contributed by atoms with Gasteiger partial charge in [-0.2, -0.15) is 0 Å². The highest BCUT2D eigenvalue weighted by molar-refractivity contribution is 6.15. The number of alkyl halides is 1. The van der Waals surface area contributed by atoms with Crippen LogP contribution in [0, 0.1) is 0 Å². The minimum atomic E-state index is -0.301. The van der Waals surface area contributed by atoms with Gasteiger partial charge >= 0.3 is 0 Å². The van der Waals surface area contributed by atoms with Crippen LogP contribution in [0.5, 0.6) is 0 Å². The number of carbonyl (C=O) groups is 1. The standard InChI is InChI=1S/C6H11NO2.C5H5N.C3H8.CH3Cl/c1-7-3-6(9)2-5(7)4-8;1-2-4-6-5-3-1;1-3-2;1-2/h4-6,9H,2-3H2,1H3;1-5H;3H2,1-2H3;1H3. The van der Waals surface area contributed by atoms with Crippen molar-refractivity contribution >= 4 is 17.9 Å². The molecule has 1 aliphatic rings. The molecule has 2 heterocycles. The first-order chi connectivity index (χ1) is 9.65. The first-order valence-electron chi connectivity index (χ1n) is 6.72. The number of aromatic nitrogens is 1. The van der Waals surface area contributed by atoms with Gasteiger partial charge in [-0.3, -0.25) is 9.88 Å². The number of hydrogen-bond donors (Lipinski definition) is 1. The van der Waals surface area contributed by atoms with Crippen LogP contribution in [0.25, 0.3) is 0 Å². The van der Waals surface area contributed by atoms with Gasteiger partial charge in [0.25, 0.3) is 0 Å². The van der Waals surface area contributed by atoms with Crippen molar-refractivity contribution in [3.8, 4) is 0 Å². The Morgan fingerprint density at radius 1 is 1.30 bits per heavy atom. The molecule has 2 atom stereocenters. The number of rotatable bonds is 1. The molecule has 0 spiro atoms. The van der Waals surface area contributed by atoms with E-state index in [1.54, 1.807) is 12.4 Å². The Morgan fingerprint density at radius 3 is 1.95 bits per heavy atom. The molecule has 1 aromatic heterocycles. The molecule has 1 aromatic rings. The van der Waals surface area contributed by atoms with Gasteiger partial charge in [0, 0.05) is 25.3 Å². The van der Waals surface area contributed by atoms with Gasteiger partial charge in [-0.1, -0.05) is 26.3 Å². The van der Waals surface area contributed by atoms with Gasteiger partial charge < -0.3 is 9.90 Å². The lowest BCUT2D eigenvalue weighted by Crippen LogP contribution is -2.25. The molecule has 1 saturated heterocycles. The van der Waals surface area contributed by atoms with E-state index in [0.717, 1.165) is 6.29 Å². The summed E-state index contributed by atoms with van der Waals surface area (Å²) < 4.78 is 0. The van der Waals surface area contributed by atoms with E-state index in [9.17, 15) is 4.79 Å². The highest BCUT2D eigenvalue weighted by Crippen LogP contribution is 2.12. The fourth-order valence-electron chi connectivity index (χ4n) is 1.47. The number of aliphatic hydroxyl groups excluding tert-OH is 1. The fraction of sp³-hybridized carbons (Fsp3) is 0.600. The van der Waals surface area contributed by atoms with Crippen LogP contribution in [0.3, 0.4) is 0 Å². The van der Waals surface area contributed by atoms with Gasteiger partial charge in [-0.05, 0) is 25.6 Å². The van der Waals surface area contributed by atoms with Crippen molar-refractivity contribution in [3.63, 3.8) is 0 Å². The van der Waals surface area contributed by atoms with Crippen LogP contribution in [0.4, 0.5) is 0 Å². The molecule has 1 fully saturated rings. The maximum Gasteiger partial charge on any atom is 0.137 e. The molecule has 116 valence electrons. The van der Waals surface area contributed by atoms with Crippen LogP contribution in [-0.2, 0) is 4.79 Å². The predicted octanol–water partition coefficient (Wildman–Crippen LogP) is 2.60. The predicted molar refractivity (Wildman–Crippen MR) is 85.1 cm³/mol. The highest BCUT2D eigenvalue weighted by Gasteiger charge is 2.26. The molecule has 5 heteroatoms. The average Bonchev–Trinajstić information content (AvgIpc) is 2.82. The van der Waals surface area contributed by atoms with Gasteiger partial charge in [0.15, 0.2) is 0 Å². The Hall–Kier alpha value is -0.970. The summed E-state index contributed by atoms with van der Waals surface area (Å²) in [6.45, 7) is 4.88. The molecule has 20 heavy (non-hydrogen) atoms. The monoisotopic (exact) mass is 302 g/mol. The number of nitrogens with zero attached hydrogens (tertiary/aromatic N) is 2. The van der Waals surface area contributed by atoms with Crippen molar-refractivity contribution in [1.29, 1.82) is 0 Å². The van der Waals surface area contributed by atoms with E-state index >= 15 is 0 Å². The van der Waals surface area contributed by atoms with E-state index in [-0.39, 0.29) is 12.1 Å². The Kier molecular flexibility index (Phi) is 17.2. The molecule has 1 N–H and O–H groups in total. The van der Waals surface area contributed by atoms with Crippen molar-refractivity contribution in [2.75, 3.05) is 20.0 Å². The fourth-order valence-corrected chi connectivity index (χ4v) is 1.47. The maximum absolute atomic E-state index is 10.2. The number of likely N-dealkylation sites (tertiary alicyclic amines) is 1.